The number of unbranched alkanes of at least 4 members (excludes halogenated alkanes) is 1. The fraction of sp³-hybridized carbons (Fsp3) is 0.628. The molecule has 6 fully saturated rings. The van der Waals surface area contributed by atoms with Gasteiger partial charge in [0, 0.05) is 74.5 Å². The molecule has 124 heavy (non-hydrogen) atoms. The number of carbonyl (C=O) groups excluding carboxylic acids is 11. The molecule has 28 nitrogen and oxygen atoms in total. The van der Waals surface area contributed by atoms with Crippen LogP contribution in [-0.4, -0.2) is 219 Å². The molecule has 0 spiro atoms. The number of fused-ring (bicyclic) bond motifs is 6. The number of aliphatic hydroxyl groups is 3. The Morgan fingerprint density at radius 3 is 2.11 bits per heavy atom. The molecule has 3 aromatic rings. The Hall–Kier alpha value is -8.97. The monoisotopic (exact) mass is 1750 g/mol. The molecule has 0 radical (unpaired) electrons. The van der Waals surface area contributed by atoms with Gasteiger partial charge in [-0.25, -0.2) is 9.36 Å². The van der Waals surface area contributed by atoms with E-state index < -0.39 is 144 Å². The topological polar surface area (TPSA) is 389 Å². The first kappa shape index (κ1) is 94.2. The molecule has 11 amide bonds. The van der Waals surface area contributed by atoms with Crippen molar-refractivity contribution in [3.8, 4) is 0 Å². The number of alkyl carbamates (subject to hydrolysis) is 1. The van der Waals surface area contributed by atoms with E-state index in [0.717, 1.165) is 58.6 Å². The molecule has 23 atom stereocenters. The van der Waals surface area contributed by atoms with Crippen LogP contribution in [0.4, 0.5) is 4.79 Å². The van der Waals surface area contributed by atoms with Gasteiger partial charge in [0.05, 0.1) is 30.9 Å². The molecule has 2 aromatic carbocycles. The first-order valence-electron chi connectivity index (χ1n) is 45.3. The van der Waals surface area contributed by atoms with Gasteiger partial charge in [0.15, 0.2) is 12.4 Å². The molecule has 12 rings (SSSR count). The number of rotatable bonds is 28. The Bertz CT molecular complexity index is 4380. The Morgan fingerprint density at radius 1 is 0.694 bits per heavy atom. The second-order valence-corrected chi connectivity index (χ2v) is 39.8. The lowest BCUT2D eigenvalue weighted by Gasteiger charge is -2.58. The minimum absolute atomic E-state index is 0.0461. The lowest BCUT2D eigenvalue weighted by Crippen LogP contribution is -2.62. The van der Waals surface area contributed by atoms with E-state index in [1.807, 2.05) is 24.3 Å². The zero-order chi connectivity index (χ0) is 88.5. The standard InChI is InChI=1S/C94H131N13O15S2/c1-56(2)23-19-24-57(3)68-37-38-69-67-36-35-64-50-65(39-41-93(64,6)70(67)40-42-94(68,69)7)122-92(121)95-43-18-17-32-72-82(111)104-81(59(5)110)89(118)103-78(87(116)101-76(53-108)58(4)109)55-124-123-54-77(86(115)98-73(47-60-25-11-9-12-26-60)83(112)99-75(85(114)97-72)49-63-51-96-71-31-16-15-30-66(63)71)102-84(113)74(48-61-27-13-10-14-28-61)100-88(117)79-33-21-45-106(79)91(120)80-34-22-46-107(80)90(119)62-29-20-44-105(8)52-62/h9-16,20,25-31,35,44,51-52,56-59,63,65-81,108-110H,17-19,21-24,32-34,36-43,45-50,53-55H2,1-8H3,(H8-,95,97,98,99,100,101,102,103,104,111,112,113,114,115,116,117,118,121)/p+1. The summed E-state index contributed by atoms with van der Waals surface area (Å²) in [6.07, 6.45) is 25.6. The van der Waals surface area contributed by atoms with Gasteiger partial charge in [-0.15, -0.1) is 0 Å². The summed E-state index contributed by atoms with van der Waals surface area (Å²) in [6, 6.07) is 6.92. The third-order valence-electron chi connectivity index (χ3n) is 28.2. The molecular formula is C94H132N13O15S2+. The van der Waals surface area contributed by atoms with Gasteiger partial charge in [-0.05, 0) is 174 Å². The fourth-order valence-electron chi connectivity index (χ4n) is 21.3. The van der Waals surface area contributed by atoms with Crippen molar-refractivity contribution in [3.63, 3.8) is 0 Å². The van der Waals surface area contributed by atoms with E-state index in [2.05, 4.69) is 88.5 Å². The summed E-state index contributed by atoms with van der Waals surface area (Å²) in [6.45, 7) is 14.8. The van der Waals surface area contributed by atoms with Crippen molar-refractivity contribution in [2.24, 2.45) is 70.2 Å². The van der Waals surface area contributed by atoms with Crippen molar-refractivity contribution >= 4 is 93.0 Å². The molecule has 30 heteroatoms. The van der Waals surface area contributed by atoms with E-state index in [9.17, 15) is 44.1 Å². The minimum Gasteiger partial charge on any atom is -0.446 e. The predicted molar refractivity (Wildman–Crippen MR) is 475 cm³/mol. The Balaban J connectivity index is 0.779. The Labute approximate surface area is 737 Å². The van der Waals surface area contributed by atoms with Gasteiger partial charge in [-0.2, -0.15) is 0 Å². The van der Waals surface area contributed by atoms with Crippen molar-refractivity contribution in [1.82, 2.24) is 57.7 Å². The summed E-state index contributed by atoms with van der Waals surface area (Å²) in [4.78, 5) is 172. The second kappa shape index (κ2) is 43.5. The quantitative estimate of drug-likeness (QED) is 0.0149. The lowest BCUT2D eigenvalue weighted by molar-refractivity contribution is -0.671. The number of hydrogen-bond acceptors (Lipinski definition) is 18. The summed E-state index contributed by atoms with van der Waals surface area (Å²) >= 11 is 0. The van der Waals surface area contributed by atoms with Crippen LogP contribution >= 0.6 is 21.6 Å². The van der Waals surface area contributed by atoms with E-state index in [4.69, 9.17) is 9.73 Å². The molecule has 23 unspecified atom stereocenters. The van der Waals surface area contributed by atoms with Crippen molar-refractivity contribution < 1.29 is 77.4 Å². The number of ether oxygens (including phenoxy) is 1. The molecular weight excluding hydrogens is 1620 g/mol. The van der Waals surface area contributed by atoms with E-state index >= 15 is 24.0 Å². The Morgan fingerprint density at radius 2 is 1.39 bits per heavy atom. The maximum atomic E-state index is 15.6. The molecule has 3 saturated heterocycles. The number of allylic oxidation sites excluding steroid dienone is 3. The molecule has 3 saturated carbocycles. The summed E-state index contributed by atoms with van der Waals surface area (Å²) in [5.41, 5.74) is 3.42. The van der Waals surface area contributed by atoms with Gasteiger partial charge in [-0.1, -0.05) is 172 Å². The van der Waals surface area contributed by atoms with E-state index in [1.165, 1.54) is 69.3 Å². The van der Waals surface area contributed by atoms with Crippen molar-refractivity contribution in [2.75, 3.05) is 37.7 Å². The van der Waals surface area contributed by atoms with Crippen LogP contribution in [-0.2, 0) is 67.8 Å². The number of nitrogens with zero attached hydrogens (tertiary/aromatic N) is 4. The predicted octanol–water partition coefficient (Wildman–Crippen LogP) is 7.13. The number of aliphatic hydroxyl groups excluding tert-OH is 3. The molecule has 5 aliphatic carbocycles. The highest BCUT2D eigenvalue weighted by molar-refractivity contribution is 8.76. The third-order valence-corrected chi connectivity index (χ3v) is 30.7. The van der Waals surface area contributed by atoms with Crippen LogP contribution in [0.15, 0.2) is 126 Å². The summed E-state index contributed by atoms with van der Waals surface area (Å²) in [5, 5.41) is 57.7. The Kier molecular flexibility index (Phi) is 33.0. The molecule has 5 heterocycles. The zero-order valence-corrected chi connectivity index (χ0v) is 74.8. The first-order valence-corrected chi connectivity index (χ1v) is 47.8. The van der Waals surface area contributed by atoms with Crippen LogP contribution in [0.25, 0.3) is 0 Å². The highest BCUT2D eigenvalue weighted by Crippen LogP contribution is 2.67. The number of carbonyl (C=O) groups is 11. The number of pyridine rings is 1. The number of hydrogen-bond donors (Lipinski definition) is 12. The number of aliphatic imine (C=N–C) groups is 1. The number of likely N-dealkylation sites (tertiary alicyclic amines) is 2. The van der Waals surface area contributed by atoms with Gasteiger partial charge in [-0.3, -0.25) is 52.9 Å². The summed E-state index contributed by atoms with van der Waals surface area (Å²) in [7, 11) is 3.73. The van der Waals surface area contributed by atoms with E-state index in [0.29, 0.717) is 72.1 Å². The first-order chi connectivity index (χ1) is 59.5. The smallest absolute Gasteiger partial charge is 0.407 e. The number of amides is 11. The fourth-order valence-corrected chi connectivity index (χ4v) is 23.6. The largest absolute Gasteiger partial charge is 0.446 e. The summed E-state index contributed by atoms with van der Waals surface area (Å²) < 4.78 is 7.93. The van der Waals surface area contributed by atoms with Crippen LogP contribution in [0.2, 0.25) is 0 Å². The van der Waals surface area contributed by atoms with Crippen LogP contribution in [0.5, 0.6) is 0 Å². The van der Waals surface area contributed by atoms with E-state index in [-0.39, 0.29) is 98.9 Å². The second-order valence-electron chi connectivity index (χ2n) is 37.2. The number of aromatic nitrogens is 1. The van der Waals surface area contributed by atoms with Crippen LogP contribution in [0.3, 0.4) is 0 Å². The zero-order valence-electron chi connectivity index (χ0n) is 73.2. The maximum absolute atomic E-state index is 15.6. The van der Waals surface area contributed by atoms with Crippen LogP contribution in [0.1, 0.15) is 192 Å². The highest BCUT2D eigenvalue weighted by atomic mass is 33.1. The molecule has 674 valence electrons. The van der Waals surface area contributed by atoms with Gasteiger partial charge in [0.25, 0.3) is 5.91 Å². The van der Waals surface area contributed by atoms with Gasteiger partial charge in [0.2, 0.25) is 53.2 Å². The molecule has 9 aliphatic rings. The molecule has 4 aliphatic heterocycles. The number of benzene rings is 2. The highest BCUT2D eigenvalue weighted by Gasteiger charge is 2.60. The van der Waals surface area contributed by atoms with Crippen molar-refractivity contribution in [1.29, 1.82) is 0 Å². The van der Waals surface area contributed by atoms with Gasteiger partial charge < -0.3 is 77.7 Å². The molecule has 1 aromatic heterocycles. The van der Waals surface area contributed by atoms with Crippen molar-refractivity contribution in [3.05, 3.63) is 138 Å². The van der Waals surface area contributed by atoms with Crippen molar-refractivity contribution in [2.45, 2.75) is 268 Å². The minimum atomic E-state index is -1.79. The normalized spacial score (nSPS) is 31.0. The molecule has 0 bridgehead atoms. The van der Waals surface area contributed by atoms with Crippen LogP contribution < -0.4 is 52.4 Å². The number of aryl methyl sites for hydroxylation is 1. The number of nitrogens with one attached hydrogen (secondary N) is 9. The van der Waals surface area contributed by atoms with E-state index in [1.54, 1.807) is 108 Å². The third kappa shape index (κ3) is 23.4. The summed E-state index contributed by atoms with van der Waals surface area (Å²) in [5.74, 6) is -4.78. The maximum Gasteiger partial charge on any atom is 0.407 e. The van der Waals surface area contributed by atoms with Gasteiger partial charge >= 0.3 is 6.09 Å². The molecule has 12 N–H and O–H groups in total. The van der Waals surface area contributed by atoms with Crippen LogP contribution in [0, 0.1) is 58.2 Å². The van der Waals surface area contributed by atoms with Gasteiger partial charge in [0.1, 0.15) is 73.1 Å². The lowest BCUT2D eigenvalue weighted by atomic mass is 9.47. The SMILES string of the molecule is CC(C)CCCC(C)C1CCC2C3CC=C4CC(OC(=O)NCCCCC5NC(=O)C(CC6C=NC7C=CC=CC67)NC(=O)C(Cc6ccccc6)NC(=O)C(NC(=O)C(Cc6ccccc6)NC(=O)C6CCCN6C(=O)C6CCCN6C(=O)c6ccc[n+](C)c6)CSSCC(C(=O)NC(CO)C(C)O)NC(=O)C(C(C)O)NC5=O)CCC4(C)C3CCC12C. The average Bonchev–Trinajstić information content (AvgIpc) is 1.42. The average molecular weight is 1750 g/mol.